The molecule has 1 aromatic carbocycles. The molecule has 1 aliphatic rings. The van der Waals surface area contributed by atoms with Gasteiger partial charge in [-0.2, -0.15) is 0 Å². The van der Waals surface area contributed by atoms with E-state index in [9.17, 15) is 0 Å². The first kappa shape index (κ1) is 12.4. The zero-order valence-electron chi connectivity index (χ0n) is 11.0. The topological polar surface area (TPSA) is 38.0 Å². The van der Waals surface area contributed by atoms with Crippen LogP contribution in [-0.4, -0.2) is 13.1 Å². The van der Waals surface area contributed by atoms with Crippen molar-refractivity contribution >= 4 is 5.69 Å². The number of nitrogen functional groups attached to an aromatic ring is 1. The highest BCUT2D eigenvalue weighted by Gasteiger charge is 2.43. The first-order chi connectivity index (χ1) is 8.16. The van der Waals surface area contributed by atoms with Gasteiger partial charge in [0.25, 0.3) is 0 Å². The van der Waals surface area contributed by atoms with E-state index in [1.807, 2.05) is 12.1 Å². The molecule has 0 heterocycles. The van der Waals surface area contributed by atoms with E-state index >= 15 is 0 Å². The van der Waals surface area contributed by atoms with E-state index in [2.05, 4.69) is 31.3 Å². The highest BCUT2D eigenvalue weighted by atomic mass is 14.9. The highest BCUT2D eigenvalue weighted by molar-refractivity contribution is 5.43. The molecule has 17 heavy (non-hydrogen) atoms. The van der Waals surface area contributed by atoms with Crippen LogP contribution in [0.1, 0.15) is 38.7 Å². The Labute approximate surface area is 105 Å². The summed E-state index contributed by atoms with van der Waals surface area (Å²) >= 11 is 0. The Kier molecular flexibility index (Phi) is 3.72. The number of anilines is 1. The second-order valence-corrected chi connectivity index (χ2v) is 5.55. The standard InChI is InChI=1S/C15H24N2/c1-3-12(2)10-17-11-15(8-9-15)13-4-6-14(16)7-5-13/h4-7,12,17H,3,8-11,16H2,1-2H3. The van der Waals surface area contributed by atoms with Crippen LogP contribution in [-0.2, 0) is 5.41 Å². The van der Waals surface area contributed by atoms with Gasteiger partial charge in [-0.3, -0.25) is 0 Å². The minimum Gasteiger partial charge on any atom is -0.399 e. The molecular weight excluding hydrogens is 208 g/mol. The highest BCUT2D eigenvalue weighted by Crippen LogP contribution is 2.47. The Morgan fingerprint density at radius 3 is 2.47 bits per heavy atom. The lowest BCUT2D eigenvalue weighted by Gasteiger charge is -2.18. The first-order valence-electron chi connectivity index (χ1n) is 6.73. The Hall–Kier alpha value is -1.02. The summed E-state index contributed by atoms with van der Waals surface area (Å²) in [6, 6.07) is 8.41. The molecule has 94 valence electrons. The summed E-state index contributed by atoms with van der Waals surface area (Å²) in [5.41, 5.74) is 8.44. The third kappa shape index (κ3) is 3.01. The smallest absolute Gasteiger partial charge is 0.0314 e. The monoisotopic (exact) mass is 232 g/mol. The van der Waals surface area contributed by atoms with Gasteiger partial charge in [0.15, 0.2) is 0 Å². The number of nitrogens with one attached hydrogen (secondary N) is 1. The summed E-state index contributed by atoms with van der Waals surface area (Å²) in [7, 11) is 0. The van der Waals surface area contributed by atoms with E-state index in [0.29, 0.717) is 5.41 Å². The van der Waals surface area contributed by atoms with Gasteiger partial charge >= 0.3 is 0 Å². The molecule has 0 saturated heterocycles. The lowest BCUT2D eigenvalue weighted by molar-refractivity contribution is 0.474. The maximum Gasteiger partial charge on any atom is 0.0314 e. The molecule has 3 N–H and O–H groups in total. The molecule has 0 spiro atoms. The van der Waals surface area contributed by atoms with Crippen molar-refractivity contribution in [2.75, 3.05) is 18.8 Å². The normalized spacial score (nSPS) is 18.9. The van der Waals surface area contributed by atoms with Crippen LogP contribution in [0.5, 0.6) is 0 Å². The van der Waals surface area contributed by atoms with Crippen LogP contribution in [0.4, 0.5) is 5.69 Å². The molecule has 0 aromatic heterocycles. The Balaban J connectivity index is 1.89. The van der Waals surface area contributed by atoms with Crippen molar-refractivity contribution < 1.29 is 0 Å². The van der Waals surface area contributed by atoms with Crippen molar-refractivity contribution in [1.82, 2.24) is 5.32 Å². The molecular formula is C15H24N2. The second kappa shape index (κ2) is 5.09. The van der Waals surface area contributed by atoms with Crippen molar-refractivity contribution in [3.63, 3.8) is 0 Å². The first-order valence-corrected chi connectivity index (χ1v) is 6.73. The largest absolute Gasteiger partial charge is 0.399 e. The molecule has 2 rings (SSSR count). The number of hydrogen-bond acceptors (Lipinski definition) is 2. The summed E-state index contributed by atoms with van der Waals surface area (Å²) in [4.78, 5) is 0. The fourth-order valence-corrected chi connectivity index (χ4v) is 2.26. The molecule has 0 bridgehead atoms. The number of nitrogens with two attached hydrogens (primary N) is 1. The lowest BCUT2D eigenvalue weighted by Crippen LogP contribution is -2.30. The van der Waals surface area contributed by atoms with Gasteiger partial charge in [-0.05, 0) is 43.0 Å². The molecule has 1 saturated carbocycles. The number of rotatable bonds is 6. The van der Waals surface area contributed by atoms with Crippen molar-refractivity contribution in [1.29, 1.82) is 0 Å². The van der Waals surface area contributed by atoms with Crippen LogP contribution in [0.2, 0.25) is 0 Å². The molecule has 0 radical (unpaired) electrons. The Bertz CT molecular complexity index is 352. The third-order valence-corrected chi connectivity index (χ3v) is 4.03. The molecule has 1 atom stereocenters. The second-order valence-electron chi connectivity index (χ2n) is 5.55. The van der Waals surface area contributed by atoms with Gasteiger partial charge in [-0.15, -0.1) is 0 Å². The van der Waals surface area contributed by atoms with E-state index in [0.717, 1.165) is 24.7 Å². The van der Waals surface area contributed by atoms with Crippen LogP contribution in [0.3, 0.4) is 0 Å². The van der Waals surface area contributed by atoms with E-state index in [1.165, 1.54) is 24.8 Å². The quantitative estimate of drug-likeness (QED) is 0.740. The number of hydrogen-bond donors (Lipinski definition) is 2. The molecule has 2 nitrogen and oxygen atoms in total. The van der Waals surface area contributed by atoms with Gasteiger partial charge in [0, 0.05) is 17.6 Å². The van der Waals surface area contributed by atoms with Crippen molar-refractivity contribution in [2.45, 2.75) is 38.5 Å². The summed E-state index contributed by atoms with van der Waals surface area (Å²) in [6.07, 6.45) is 3.87. The van der Waals surface area contributed by atoms with Gasteiger partial charge in [-0.1, -0.05) is 32.4 Å². The van der Waals surface area contributed by atoms with Crippen molar-refractivity contribution in [3.05, 3.63) is 29.8 Å². The summed E-state index contributed by atoms with van der Waals surface area (Å²) in [5, 5.41) is 3.62. The van der Waals surface area contributed by atoms with Gasteiger partial charge in [-0.25, -0.2) is 0 Å². The van der Waals surface area contributed by atoms with Gasteiger partial charge in [0.1, 0.15) is 0 Å². The van der Waals surface area contributed by atoms with Crippen LogP contribution >= 0.6 is 0 Å². The maximum atomic E-state index is 5.73. The van der Waals surface area contributed by atoms with E-state index in [-0.39, 0.29) is 0 Å². The predicted octanol–water partition coefficient (Wildman–Crippen LogP) is 2.94. The SMILES string of the molecule is CCC(C)CNCC1(c2ccc(N)cc2)CC1. The average Bonchev–Trinajstić information content (AvgIpc) is 3.11. The van der Waals surface area contributed by atoms with Crippen LogP contribution in [0, 0.1) is 5.92 Å². The van der Waals surface area contributed by atoms with Crippen molar-refractivity contribution in [3.8, 4) is 0 Å². The molecule has 1 aromatic rings. The molecule has 0 aliphatic heterocycles. The fraction of sp³-hybridized carbons (Fsp3) is 0.600. The molecule has 2 heteroatoms. The van der Waals surface area contributed by atoms with Crippen LogP contribution in [0.25, 0.3) is 0 Å². The Morgan fingerprint density at radius 2 is 1.94 bits per heavy atom. The molecule has 0 amide bonds. The lowest BCUT2D eigenvalue weighted by atomic mass is 9.95. The average molecular weight is 232 g/mol. The van der Waals surface area contributed by atoms with Crippen LogP contribution < -0.4 is 11.1 Å². The van der Waals surface area contributed by atoms with E-state index in [4.69, 9.17) is 5.73 Å². The third-order valence-electron chi connectivity index (χ3n) is 4.03. The predicted molar refractivity (Wildman–Crippen MR) is 74.1 cm³/mol. The Morgan fingerprint density at radius 1 is 1.29 bits per heavy atom. The van der Waals surface area contributed by atoms with E-state index < -0.39 is 0 Å². The minimum atomic E-state index is 0.404. The van der Waals surface area contributed by atoms with Gasteiger partial charge in [0.2, 0.25) is 0 Å². The van der Waals surface area contributed by atoms with E-state index in [1.54, 1.807) is 0 Å². The fourth-order valence-electron chi connectivity index (χ4n) is 2.26. The number of benzene rings is 1. The summed E-state index contributed by atoms with van der Waals surface area (Å²) in [6.45, 7) is 6.80. The minimum absolute atomic E-state index is 0.404. The molecule has 1 fully saturated rings. The summed E-state index contributed by atoms with van der Waals surface area (Å²) in [5.74, 6) is 0.775. The molecule has 1 aliphatic carbocycles. The van der Waals surface area contributed by atoms with Crippen molar-refractivity contribution in [2.24, 2.45) is 5.92 Å². The van der Waals surface area contributed by atoms with Gasteiger partial charge < -0.3 is 11.1 Å². The molecule has 1 unspecified atom stereocenters. The van der Waals surface area contributed by atoms with Gasteiger partial charge in [0.05, 0.1) is 0 Å². The zero-order valence-corrected chi connectivity index (χ0v) is 11.0. The van der Waals surface area contributed by atoms with Crippen LogP contribution in [0.15, 0.2) is 24.3 Å². The maximum absolute atomic E-state index is 5.73. The zero-order chi connectivity index (χ0) is 12.3. The summed E-state index contributed by atoms with van der Waals surface area (Å²) < 4.78 is 0.